The molecule has 5 aromatic rings. The second-order valence-corrected chi connectivity index (χ2v) is 14.5. The topological polar surface area (TPSA) is 137 Å². The van der Waals surface area contributed by atoms with Gasteiger partial charge in [-0.3, -0.25) is 4.79 Å². The van der Waals surface area contributed by atoms with E-state index in [1.165, 1.54) is 37.3 Å². The maximum Gasteiger partial charge on any atom is 0.432 e. The first-order valence-corrected chi connectivity index (χ1v) is 19.0. The van der Waals surface area contributed by atoms with Crippen molar-refractivity contribution >= 4 is 23.7 Å². The maximum atomic E-state index is 15.0. The molecule has 6 rings (SSSR count). The molecule has 4 aromatic carbocycles. The second-order valence-electron chi connectivity index (χ2n) is 14.5. The van der Waals surface area contributed by atoms with Gasteiger partial charge in [-0.2, -0.15) is 39.5 Å². The third-order valence-electron chi connectivity index (χ3n) is 10.8. The van der Waals surface area contributed by atoms with Crippen LogP contribution in [0.2, 0.25) is 0 Å². The van der Waals surface area contributed by atoms with Crippen LogP contribution < -0.4 is 9.47 Å². The minimum absolute atomic E-state index is 0.438. The van der Waals surface area contributed by atoms with Crippen molar-refractivity contribution in [1.82, 2.24) is 0 Å². The van der Waals surface area contributed by atoms with E-state index in [2.05, 4.69) is 0 Å². The zero-order chi connectivity index (χ0) is 47.8. The third-order valence-corrected chi connectivity index (χ3v) is 10.8. The van der Waals surface area contributed by atoms with E-state index >= 15 is 26.3 Å². The molecule has 0 unspecified atom stereocenters. The largest absolute Gasteiger partial charge is 0.463 e. The molecule has 0 fully saturated rings. The Morgan fingerprint density at radius 3 is 1.26 bits per heavy atom. The molecule has 0 bridgehead atoms. The number of carbonyl (C=O) groups is 4. The normalized spacial score (nSPS) is 18.3. The van der Waals surface area contributed by atoms with Gasteiger partial charge in [0.2, 0.25) is 0 Å². The van der Waals surface area contributed by atoms with Gasteiger partial charge in [0.15, 0.2) is 11.5 Å². The average molecular weight is 923 g/mol. The highest BCUT2D eigenvalue weighted by atomic mass is 19.4. The Kier molecular flexibility index (Phi) is 13.1. The second kappa shape index (κ2) is 17.8. The Hall–Kier alpha value is -6.51. The average Bonchev–Trinajstić information content (AvgIpc) is 3.69. The van der Waals surface area contributed by atoms with Crippen LogP contribution in [0.4, 0.5) is 39.5 Å². The molecule has 1 aliphatic rings. The van der Waals surface area contributed by atoms with E-state index < -0.39 is 128 Å². The van der Waals surface area contributed by atoms with Gasteiger partial charge < -0.3 is 32.8 Å². The number of fused-ring (bicyclic) bond motifs is 1. The summed E-state index contributed by atoms with van der Waals surface area (Å²) in [5, 5.41) is 0. The van der Waals surface area contributed by atoms with E-state index in [1.54, 1.807) is 0 Å². The lowest BCUT2D eigenvalue weighted by atomic mass is 9.81. The van der Waals surface area contributed by atoms with Crippen molar-refractivity contribution in [2.45, 2.75) is 54.8 Å². The van der Waals surface area contributed by atoms with Crippen molar-refractivity contribution in [3.8, 4) is 22.8 Å². The van der Waals surface area contributed by atoms with E-state index in [4.69, 9.17) is 32.8 Å². The van der Waals surface area contributed by atoms with Crippen molar-refractivity contribution in [2.24, 2.45) is 5.92 Å². The molecule has 1 aliphatic carbocycles. The van der Waals surface area contributed by atoms with Crippen LogP contribution in [0.3, 0.4) is 0 Å². The van der Waals surface area contributed by atoms with Crippen LogP contribution in [0.15, 0.2) is 120 Å². The number of esters is 3. The standard InChI is InChI=1S/C45H35F9O11/c1-25-23-30(55)33-29(35(25)65-39(58)42(61-4,45(52,53)54)28-19-12-7-13-20-28)24-62-36(33)34-31(63-37(56)40(59-2,43(46,47)48)26-15-8-5-9-16-26)21-14-22-32(34)64-38(57)41(60-3,44(49,50)51)27-17-10-6-11-18-27/h5-22,24-25,35H,23H2,1-4H3/t25-,35+,40+,41+,42+/m1/s1. The van der Waals surface area contributed by atoms with Crippen LogP contribution in [-0.2, 0) is 50.1 Å². The molecular weight excluding hydrogens is 887 g/mol. The summed E-state index contributed by atoms with van der Waals surface area (Å²) in [5.74, 6) is -11.3. The number of hydrogen-bond acceptors (Lipinski definition) is 11. The fraction of sp³-hybridized carbons (Fsp3) is 0.289. The predicted octanol–water partition coefficient (Wildman–Crippen LogP) is 9.88. The number of halogens is 9. The maximum absolute atomic E-state index is 15.0. The lowest BCUT2D eigenvalue weighted by molar-refractivity contribution is -0.279. The molecule has 0 aliphatic heterocycles. The molecule has 0 spiro atoms. The number of alkyl halides is 9. The SMILES string of the molecule is CO[C@](C(=O)Oc1cccc(OC(=O)[C@@](OC)(c2ccccc2)C(F)(F)F)c1-c1occ2c1C(=O)C[C@@H](C)[C@@H]2OC(=O)[C@@](OC)(c1ccccc1)C(F)(F)F)(c1ccccc1)C(F)(F)F. The molecular formula is C45H35F9O11. The fourth-order valence-corrected chi connectivity index (χ4v) is 7.65. The number of methoxy groups -OCH3 is 3. The molecule has 0 saturated heterocycles. The zero-order valence-electron chi connectivity index (χ0n) is 34.2. The molecule has 20 heteroatoms. The third kappa shape index (κ3) is 8.03. The Morgan fingerprint density at radius 1 is 0.538 bits per heavy atom. The molecule has 0 amide bonds. The summed E-state index contributed by atoms with van der Waals surface area (Å²) >= 11 is 0. The summed E-state index contributed by atoms with van der Waals surface area (Å²) in [6, 6.07) is 19.1. The van der Waals surface area contributed by atoms with Crippen molar-refractivity contribution in [3.05, 3.63) is 143 Å². The minimum atomic E-state index is -5.56. The van der Waals surface area contributed by atoms with Gasteiger partial charge in [-0.25, -0.2) is 14.4 Å². The first kappa shape index (κ1) is 48.0. The molecule has 5 atom stereocenters. The van der Waals surface area contributed by atoms with Gasteiger partial charge in [-0.1, -0.05) is 104 Å². The summed E-state index contributed by atoms with van der Waals surface area (Å²) < 4.78 is 171. The van der Waals surface area contributed by atoms with E-state index in [0.717, 1.165) is 85.1 Å². The number of carbonyl (C=O) groups excluding carboxylic acids is 4. The lowest BCUT2D eigenvalue weighted by Gasteiger charge is -2.35. The Balaban J connectivity index is 1.56. The number of hydrogen-bond donors (Lipinski definition) is 0. The quantitative estimate of drug-likeness (QED) is 0.0634. The lowest BCUT2D eigenvalue weighted by Crippen LogP contribution is -2.53. The van der Waals surface area contributed by atoms with Crippen LogP contribution in [0.25, 0.3) is 11.3 Å². The molecule has 0 N–H and O–H groups in total. The first-order chi connectivity index (χ1) is 30.6. The van der Waals surface area contributed by atoms with Crippen LogP contribution >= 0.6 is 0 Å². The van der Waals surface area contributed by atoms with Crippen molar-refractivity contribution < 1.29 is 91.5 Å². The van der Waals surface area contributed by atoms with Crippen molar-refractivity contribution in [1.29, 1.82) is 0 Å². The molecule has 344 valence electrons. The van der Waals surface area contributed by atoms with Gasteiger partial charge in [0, 0.05) is 55.9 Å². The molecule has 1 heterocycles. The van der Waals surface area contributed by atoms with Crippen LogP contribution in [-0.4, -0.2) is 63.5 Å². The summed E-state index contributed by atoms with van der Waals surface area (Å²) in [7, 11) is 1.71. The van der Waals surface area contributed by atoms with Gasteiger partial charge in [-0.15, -0.1) is 0 Å². The first-order valence-electron chi connectivity index (χ1n) is 19.0. The Bertz CT molecular complexity index is 2440. The van der Waals surface area contributed by atoms with E-state index in [0.29, 0.717) is 21.3 Å². The van der Waals surface area contributed by atoms with Gasteiger partial charge in [0.25, 0.3) is 16.8 Å². The molecule has 0 saturated carbocycles. The van der Waals surface area contributed by atoms with Crippen LogP contribution in [0, 0.1) is 5.92 Å². The molecule has 1 aromatic heterocycles. The van der Waals surface area contributed by atoms with E-state index in [-0.39, 0.29) is 0 Å². The van der Waals surface area contributed by atoms with Gasteiger partial charge in [-0.05, 0) is 12.1 Å². The number of Topliss-reactive ketones (excluding diaryl/α,β-unsaturated/α-hetero) is 1. The fourth-order valence-electron chi connectivity index (χ4n) is 7.65. The monoisotopic (exact) mass is 922 g/mol. The van der Waals surface area contributed by atoms with Gasteiger partial charge in [0.1, 0.15) is 23.2 Å². The van der Waals surface area contributed by atoms with E-state index in [1.807, 2.05) is 0 Å². The predicted molar refractivity (Wildman–Crippen MR) is 206 cm³/mol. The van der Waals surface area contributed by atoms with E-state index in [9.17, 15) is 32.3 Å². The number of ketones is 1. The summed E-state index contributed by atoms with van der Waals surface area (Å²) in [6.07, 6.45) is -18.2. The number of furan rings is 1. The summed E-state index contributed by atoms with van der Waals surface area (Å²) in [6.45, 7) is 1.33. The Labute approximate surface area is 362 Å². The van der Waals surface area contributed by atoms with Crippen molar-refractivity contribution in [3.63, 3.8) is 0 Å². The van der Waals surface area contributed by atoms with Gasteiger partial charge in [0.05, 0.1) is 11.8 Å². The van der Waals surface area contributed by atoms with Crippen molar-refractivity contribution in [2.75, 3.05) is 21.3 Å². The minimum Gasteiger partial charge on any atom is -0.463 e. The Morgan fingerprint density at radius 2 is 0.908 bits per heavy atom. The molecule has 11 nitrogen and oxygen atoms in total. The molecule has 65 heavy (non-hydrogen) atoms. The summed E-state index contributed by atoms with van der Waals surface area (Å²) in [5.41, 5.74) is -15.7. The number of rotatable bonds is 13. The molecule has 0 radical (unpaired) electrons. The zero-order valence-corrected chi connectivity index (χ0v) is 34.2. The van der Waals surface area contributed by atoms with Crippen LogP contribution in [0.5, 0.6) is 11.5 Å². The highest BCUT2D eigenvalue weighted by Crippen LogP contribution is 2.52. The van der Waals surface area contributed by atoms with Crippen LogP contribution in [0.1, 0.15) is 52.1 Å². The number of ether oxygens (including phenoxy) is 6. The van der Waals surface area contributed by atoms with Gasteiger partial charge >= 0.3 is 36.4 Å². The smallest absolute Gasteiger partial charge is 0.432 e. The summed E-state index contributed by atoms with van der Waals surface area (Å²) in [4.78, 5) is 55.7. The number of benzene rings is 4. The highest BCUT2D eigenvalue weighted by Gasteiger charge is 2.67. The highest BCUT2D eigenvalue weighted by molar-refractivity contribution is 6.05.